The molecule has 1 aromatic rings. The smallest absolute Gasteiger partial charge is 0.371 e. The SMILES string of the molecule is CCCCCCC(CC)Cc1ccc(C(=O)O)o1. The highest BCUT2D eigenvalue weighted by atomic mass is 16.4. The van der Waals surface area contributed by atoms with Crippen molar-refractivity contribution < 1.29 is 14.3 Å². The van der Waals surface area contributed by atoms with Gasteiger partial charge in [-0.15, -0.1) is 0 Å². The fraction of sp³-hybridized carbons (Fsp3) is 0.667. The molecule has 3 heteroatoms. The Kier molecular flexibility index (Phi) is 6.55. The molecule has 18 heavy (non-hydrogen) atoms. The van der Waals surface area contributed by atoms with Crippen LogP contribution in [0.4, 0.5) is 0 Å². The van der Waals surface area contributed by atoms with Crippen LogP contribution in [0.1, 0.15) is 68.7 Å². The van der Waals surface area contributed by atoms with Gasteiger partial charge in [-0.2, -0.15) is 0 Å². The van der Waals surface area contributed by atoms with E-state index in [-0.39, 0.29) is 5.76 Å². The van der Waals surface area contributed by atoms with Crippen molar-refractivity contribution in [2.24, 2.45) is 5.92 Å². The summed E-state index contributed by atoms with van der Waals surface area (Å²) in [4.78, 5) is 10.7. The van der Waals surface area contributed by atoms with Gasteiger partial charge in [0.1, 0.15) is 5.76 Å². The second-order valence-electron chi connectivity index (χ2n) is 4.90. The standard InChI is InChI=1S/C15H24O3/c1-3-5-6-7-8-12(4-2)11-13-9-10-14(18-13)15(16)17/h9-10,12H,3-8,11H2,1-2H3,(H,16,17). The molecule has 0 aromatic carbocycles. The number of furan rings is 1. The Hall–Kier alpha value is -1.25. The number of unbranched alkanes of at least 4 members (excludes halogenated alkanes) is 3. The second kappa shape index (κ2) is 7.96. The maximum atomic E-state index is 10.7. The molecule has 102 valence electrons. The van der Waals surface area contributed by atoms with Crippen LogP contribution in [0.5, 0.6) is 0 Å². The summed E-state index contributed by atoms with van der Waals surface area (Å²) < 4.78 is 5.31. The molecular weight excluding hydrogens is 228 g/mol. The Morgan fingerprint density at radius 3 is 2.61 bits per heavy atom. The first-order valence-electron chi connectivity index (χ1n) is 6.99. The quantitative estimate of drug-likeness (QED) is 0.657. The fourth-order valence-corrected chi connectivity index (χ4v) is 2.20. The average Bonchev–Trinajstić information content (AvgIpc) is 2.81. The number of carboxylic acids is 1. The summed E-state index contributed by atoms with van der Waals surface area (Å²) in [6.45, 7) is 4.40. The molecule has 0 aliphatic rings. The Bertz CT molecular complexity index is 354. The van der Waals surface area contributed by atoms with Gasteiger partial charge in [0.05, 0.1) is 0 Å². The minimum absolute atomic E-state index is 0.0471. The van der Waals surface area contributed by atoms with E-state index in [1.165, 1.54) is 32.1 Å². The van der Waals surface area contributed by atoms with Crippen molar-refractivity contribution in [3.8, 4) is 0 Å². The summed E-state index contributed by atoms with van der Waals surface area (Å²) in [6, 6.07) is 3.33. The number of aromatic carboxylic acids is 1. The highest BCUT2D eigenvalue weighted by molar-refractivity contribution is 5.84. The molecule has 0 saturated heterocycles. The predicted octanol–water partition coefficient (Wildman–Crippen LogP) is 4.52. The zero-order chi connectivity index (χ0) is 13.4. The number of carbonyl (C=O) groups is 1. The molecule has 1 aromatic heterocycles. The normalized spacial score (nSPS) is 12.6. The van der Waals surface area contributed by atoms with E-state index < -0.39 is 5.97 Å². The van der Waals surface area contributed by atoms with E-state index in [9.17, 15) is 4.79 Å². The first-order valence-corrected chi connectivity index (χ1v) is 6.99. The Morgan fingerprint density at radius 2 is 2.06 bits per heavy atom. The lowest BCUT2D eigenvalue weighted by atomic mass is 9.94. The van der Waals surface area contributed by atoms with Gasteiger partial charge in [-0.25, -0.2) is 4.79 Å². The number of rotatable bonds is 9. The van der Waals surface area contributed by atoms with Gasteiger partial charge >= 0.3 is 5.97 Å². The summed E-state index contributed by atoms with van der Waals surface area (Å²) >= 11 is 0. The lowest BCUT2D eigenvalue weighted by molar-refractivity contribution is 0.0660. The van der Waals surface area contributed by atoms with Crippen LogP contribution in [0.25, 0.3) is 0 Å². The molecular formula is C15H24O3. The van der Waals surface area contributed by atoms with Crippen molar-refractivity contribution in [1.29, 1.82) is 0 Å². The van der Waals surface area contributed by atoms with Crippen molar-refractivity contribution in [2.45, 2.75) is 58.8 Å². The summed E-state index contributed by atoms with van der Waals surface area (Å²) in [7, 11) is 0. The highest BCUT2D eigenvalue weighted by Crippen LogP contribution is 2.20. The third-order valence-electron chi connectivity index (χ3n) is 3.41. The molecule has 3 nitrogen and oxygen atoms in total. The molecule has 0 aliphatic heterocycles. The van der Waals surface area contributed by atoms with Gasteiger partial charge in [0.15, 0.2) is 0 Å². The van der Waals surface area contributed by atoms with Crippen LogP contribution in [0, 0.1) is 5.92 Å². The largest absolute Gasteiger partial charge is 0.475 e. The van der Waals surface area contributed by atoms with Crippen LogP contribution in [0.3, 0.4) is 0 Å². The molecule has 0 fully saturated rings. The molecule has 0 radical (unpaired) electrons. The summed E-state index contributed by atoms with van der Waals surface area (Å²) in [5.41, 5.74) is 0. The minimum Gasteiger partial charge on any atom is -0.475 e. The highest BCUT2D eigenvalue weighted by Gasteiger charge is 2.13. The van der Waals surface area contributed by atoms with Crippen molar-refractivity contribution in [3.63, 3.8) is 0 Å². The van der Waals surface area contributed by atoms with Crippen molar-refractivity contribution >= 4 is 5.97 Å². The fourth-order valence-electron chi connectivity index (χ4n) is 2.20. The Morgan fingerprint density at radius 1 is 1.28 bits per heavy atom. The van der Waals surface area contributed by atoms with E-state index in [2.05, 4.69) is 13.8 Å². The maximum absolute atomic E-state index is 10.7. The second-order valence-corrected chi connectivity index (χ2v) is 4.90. The van der Waals surface area contributed by atoms with Crippen LogP contribution < -0.4 is 0 Å². The van der Waals surface area contributed by atoms with Crippen LogP contribution in [-0.2, 0) is 6.42 Å². The van der Waals surface area contributed by atoms with Crippen LogP contribution in [0.2, 0.25) is 0 Å². The Labute approximate surface area is 109 Å². The average molecular weight is 252 g/mol. The van der Waals surface area contributed by atoms with Gasteiger partial charge in [0.25, 0.3) is 0 Å². The molecule has 1 N–H and O–H groups in total. The van der Waals surface area contributed by atoms with Gasteiger partial charge in [-0.05, 0) is 18.1 Å². The zero-order valence-electron chi connectivity index (χ0n) is 11.4. The van der Waals surface area contributed by atoms with Gasteiger partial charge < -0.3 is 9.52 Å². The zero-order valence-corrected chi connectivity index (χ0v) is 11.4. The predicted molar refractivity (Wildman–Crippen MR) is 71.9 cm³/mol. The molecule has 1 heterocycles. The van der Waals surface area contributed by atoms with Crippen LogP contribution in [-0.4, -0.2) is 11.1 Å². The molecule has 1 rings (SSSR count). The summed E-state index contributed by atoms with van der Waals surface area (Å²) in [5.74, 6) is 0.465. The van der Waals surface area contributed by atoms with E-state index in [1.807, 2.05) is 0 Å². The van der Waals surface area contributed by atoms with E-state index in [0.717, 1.165) is 18.6 Å². The molecule has 0 bridgehead atoms. The molecule has 0 amide bonds. The van der Waals surface area contributed by atoms with Crippen LogP contribution >= 0.6 is 0 Å². The lowest BCUT2D eigenvalue weighted by Crippen LogP contribution is -2.03. The van der Waals surface area contributed by atoms with Gasteiger partial charge in [0, 0.05) is 6.42 Å². The van der Waals surface area contributed by atoms with E-state index in [0.29, 0.717) is 5.92 Å². The summed E-state index contributed by atoms with van der Waals surface area (Å²) in [5, 5.41) is 8.80. The maximum Gasteiger partial charge on any atom is 0.371 e. The van der Waals surface area contributed by atoms with Gasteiger partial charge in [0.2, 0.25) is 5.76 Å². The van der Waals surface area contributed by atoms with Crippen molar-refractivity contribution in [3.05, 3.63) is 23.7 Å². The third-order valence-corrected chi connectivity index (χ3v) is 3.41. The molecule has 1 unspecified atom stereocenters. The molecule has 1 atom stereocenters. The van der Waals surface area contributed by atoms with Crippen LogP contribution in [0.15, 0.2) is 16.5 Å². The Balaban J connectivity index is 2.39. The number of hydrogen-bond acceptors (Lipinski definition) is 2. The first-order chi connectivity index (χ1) is 8.67. The van der Waals surface area contributed by atoms with E-state index in [1.54, 1.807) is 12.1 Å². The van der Waals surface area contributed by atoms with Gasteiger partial charge in [-0.1, -0.05) is 52.4 Å². The van der Waals surface area contributed by atoms with Crippen molar-refractivity contribution in [1.82, 2.24) is 0 Å². The first kappa shape index (κ1) is 14.8. The number of hydrogen-bond donors (Lipinski definition) is 1. The van der Waals surface area contributed by atoms with E-state index >= 15 is 0 Å². The van der Waals surface area contributed by atoms with E-state index in [4.69, 9.17) is 9.52 Å². The molecule has 0 spiro atoms. The van der Waals surface area contributed by atoms with Gasteiger partial charge in [-0.3, -0.25) is 0 Å². The molecule has 0 saturated carbocycles. The van der Waals surface area contributed by atoms with Crippen molar-refractivity contribution in [2.75, 3.05) is 0 Å². The molecule has 0 aliphatic carbocycles. The monoisotopic (exact) mass is 252 g/mol. The summed E-state index contributed by atoms with van der Waals surface area (Å²) in [6.07, 6.45) is 8.31. The third kappa shape index (κ3) is 4.94. The topological polar surface area (TPSA) is 50.4 Å². The lowest BCUT2D eigenvalue weighted by Gasteiger charge is -2.12. The number of carboxylic acid groups (broad SMARTS) is 1. The minimum atomic E-state index is -0.989.